The van der Waals surface area contributed by atoms with E-state index in [-0.39, 0.29) is 44.3 Å². The number of nitrogens with zero attached hydrogens (tertiary/aromatic N) is 3. The van der Waals surface area contributed by atoms with Gasteiger partial charge in [-0.1, -0.05) is 6.07 Å². The summed E-state index contributed by atoms with van der Waals surface area (Å²) in [5.74, 6) is -3.64. The highest BCUT2D eigenvalue weighted by Crippen LogP contribution is 2.54. The molecule has 3 aromatic rings. The lowest BCUT2D eigenvalue weighted by Gasteiger charge is -2.40. The van der Waals surface area contributed by atoms with Crippen LogP contribution >= 0.6 is 0 Å². The monoisotopic (exact) mass is 498 g/mol. The Balaban J connectivity index is 1.52. The minimum atomic E-state index is -2.73. The Bertz CT molecular complexity index is 1390. The molecule has 1 atom stereocenters. The van der Waals surface area contributed by atoms with Crippen LogP contribution in [0.4, 0.5) is 23.2 Å². The Morgan fingerprint density at radius 2 is 1.78 bits per heavy atom. The van der Waals surface area contributed by atoms with E-state index in [2.05, 4.69) is 9.98 Å². The maximum atomic E-state index is 15.5. The van der Waals surface area contributed by atoms with Gasteiger partial charge in [0.15, 0.2) is 11.6 Å². The third kappa shape index (κ3) is 3.63. The molecule has 1 aromatic heterocycles. The van der Waals surface area contributed by atoms with Crippen molar-refractivity contribution in [3.8, 4) is 22.6 Å². The average molecular weight is 498 g/mol. The van der Waals surface area contributed by atoms with Crippen LogP contribution < -0.4 is 15.4 Å². The number of pyridine rings is 1. The van der Waals surface area contributed by atoms with Crippen LogP contribution in [-0.4, -0.2) is 36.6 Å². The molecule has 4 heterocycles. The van der Waals surface area contributed by atoms with Gasteiger partial charge in [0.25, 0.3) is 11.9 Å². The zero-order valence-corrected chi connectivity index (χ0v) is 19.1. The molecule has 6 rings (SSSR count). The van der Waals surface area contributed by atoms with Crippen LogP contribution in [0.3, 0.4) is 0 Å². The Morgan fingerprint density at radius 3 is 2.53 bits per heavy atom. The molecule has 0 bridgehead atoms. The van der Waals surface area contributed by atoms with Crippen molar-refractivity contribution < 1.29 is 27.0 Å². The molecule has 10 heteroatoms. The van der Waals surface area contributed by atoms with Crippen LogP contribution in [0.2, 0.25) is 0 Å². The Morgan fingerprint density at radius 1 is 0.972 bits per heavy atom. The number of aromatic nitrogens is 1. The topological polar surface area (TPSA) is 73.0 Å². The average Bonchev–Trinajstić information content (AvgIpc) is 2.85. The van der Waals surface area contributed by atoms with E-state index in [1.165, 1.54) is 12.3 Å². The fourth-order valence-electron chi connectivity index (χ4n) is 5.20. The lowest BCUT2D eigenvalue weighted by Crippen LogP contribution is -2.41. The van der Waals surface area contributed by atoms with Gasteiger partial charge in [0, 0.05) is 67.0 Å². The number of piperidine rings is 1. The molecular weight excluding hydrogens is 476 g/mol. The predicted molar refractivity (Wildman–Crippen MR) is 125 cm³/mol. The lowest BCUT2D eigenvalue weighted by atomic mass is 9.76. The maximum absolute atomic E-state index is 15.5. The van der Waals surface area contributed by atoms with E-state index >= 15 is 4.39 Å². The summed E-state index contributed by atoms with van der Waals surface area (Å²) in [7, 11) is 0. The van der Waals surface area contributed by atoms with E-state index < -0.39 is 23.2 Å². The number of ether oxygens (including phenoxy) is 2. The van der Waals surface area contributed by atoms with E-state index in [0.717, 1.165) is 0 Å². The first-order chi connectivity index (χ1) is 17.3. The fraction of sp³-hybridized carbons (Fsp3) is 0.308. The molecule has 2 aromatic carbocycles. The number of aliphatic imine (C=N–C) groups is 1. The lowest BCUT2D eigenvalue weighted by molar-refractivity contribution is -0.0220. The fourth-order valence-corrected chi connectivity index (χ4v) is 5.20. The third-order valence-electron chi connectivity index (χ3n) is 7.06. The molecule has 0 radical (unpaired) electrons. The summed E-state index contributed by atoms with van der Waals surface area (Å²) in [5.41, 5.74) is 7.12. The molecule has 186 valence electrons. The van der Waals surface area contributed by atoms with Crippen LogP contribution in [0, 0.1) is 11.8 Å². The van der Waals surface area contributed by atoms with Crippen molar-refractivity contribution in [2.24, 2.45) is 10.7 Å². The molecule has 0 unspecified atom stereocenters. The zero-order valence-electron chi connectivity index (χ0n) is 19.1. The second-order valence-corrected chi connectivity index (χ2v) is 9.21. The molecule has 0 aliphatic carbocycles. The molecule has 3 aliphatic heterocycles. The van der Waals surface area contributed by atoms with Crippen LogP contribution in [0.15, 0.2) is 53.7 Å². The summed E-state index contributed by atoms with van der Waals surface area (Å²) < 4.78 is 68.9. The number of alkyl halides is 2. The summed E-state index contributed by atoms with van der Waals surface area (Å²) in [4.78, 5) is 10.1. The highest BCUT2D eigenvalue weighted by molar-refractivity contribution is 5.77. The van der Waals surface area contributed by atoms with Gasteiger partial charge in [-0.15, -0.1) is 0 Å². The highest BCUT2D eigenvalue weighted by Gasteiger charge is 2.46. The Hall–Kier alpha value is -3.82. The number of nitrogens with two attached hydrogens (primary N) is 1. The molecule has 6 nitrogen and oxygen atoms in total. The van der Waals surface area contributed by atoms with Crippen molar-refractivity contribution in [3.05, 3.63) is 71.6 Å². The minimum Gasteiger partial charge on any atom is -0.465 e. The normalized spacial score (nSPS) is 22.2. The van der Waals surface area contributed by atoms with E-state index in [1.54, 1.807) is 41.3 Å². The largest absolute Gasteiger partial charge is 0.465 e. The van der Waals surface area contributed by atoms with E-state index in [4.69, 9.17) is 15.2 Å². The molecular formula is C26H22F4N4O2. The molecule has 0 saturated carbocycles. The number of rotatable bonds is 2. The summed E-state index contributed by atoms with van der Waals surface area (Å²) in [5, 5.41) is 0. The number of halogens is 4. The van der Waals surface area contributed by atoms with E-state index in [1.807, 2.05) is 0 Å². The summed E-state index contributed by atoms with van der Waals surface area (Å²) in [6.45, 7) is 0.394. The number of benzene rings is 2. The van der Waals surface area contributed by atoms with Gasteiger partial charge < -0.3 is 20.1 Å². The van der Waals surface area contributed by atoms with E-state index in [0.29, 0.717) is 40.1 Å². The summed E-state index contributed by atoms with van der Waals surface area (Å²) in [6, 6.07) is 11.3. The number of anilines is 1. The van der Waals surface area contributed by atoms with Gasteiger partial charge in [0.2, 0.25) is 5.95 Å². The van der Waals surface area contributed by atoms with Gasteiger partial charge in [-0.3, -0.25) is 0 Å². The second-order valence-electron chi connectivity index (χ2n) is 9.21. The smallest absolute Gasteiger partial charge is 0.283 e. The molecule has 1 fully saturated rings. The number of hydrogen-bond donors (Lipinski definition) is 1. The minimum absolute atomic E-state index is 0.00709. The van der Waals surface area contributed by atoms with Crippen LogP contribution in [0.1, 0.15) is 30.4 Å². The van der Waals surface area contributed by atoms with Crippen molar-refractivity contribution in [3.63, 3.8) is 0 Å². The van der Waals surface area contributed by atoms with Gasteiger partial charge in [-0.2, -0.15) is 4.39 Å². The summed E-state index contributed by atoms with van der Waals surface area (Å²) >= 11 is 0. The van der Waals surface area contributed by atoms with Gasteiger partial charge in [-0.05, 0) is 35.9 Å². The maximum Gasteiger partial charge on any atom is 0.283 e. The molecule has 1 saturated heterocycles. The quantitative estimate of drug-likeness (QED) is 0.381. The number of amidine groups is 1. The summed E-state index contributed by atoms with van der Waals surface area (Å²) in [6.07, 6.45) is 1.06. The standard InChI is InChI=1S/C26H22F4N4O2/c27-20-14-16(34-9-5-25(29,30)6-10-34)13-19-22(20)36-21-4-3-15(17-2-1-8-32-23(17)28)12-18(21)26(19)7-11-35-24(31)33-26/h1-4,8,12-14H,5-7,9-11H2,(H2,31,33)/t26-/m1/s1. The first kappa shape index (κ1) is 22.6. The predicted octanol–water partition coefficient (Wildman–Crippen LogP) is 5.35. The van der Waals surface area contributed by atoms with Gasteiger partial charge in [0.05, 0.1) is 6.61 Å². The van der Waals surface area contributed by atoms with Crippen LogP contribution in [-0.2, 0) is 10.3 Å². The SMILES string of the molecule is NC1=N[C@]2(CCO1)c1cc(-c3cccnc3F)ccc1Oc1c(F)cc(N3CCC(F)(F)CC3)cc12. The van der Waals surface area contributed by atoms with Crippen molar-refractivity contribution in [1.29, 1.82) is 0 Å². The number of hydrogen-bond acceptors (Lipinski definition) is 6. The molecule has 2 N–H and O–H groups in total. The van der Waals surface area contributed by atoms with Crippen molar-refractivity contribution in [2.75, 3.05) is 24.6 Å². The Kier molecular flexibility index (Phi) is 5.10. The first-order valence-electron chi connectivity index (χ1n) is 11.6. The molecule has 36 heavy (non-hydrogen) atoms. The zero-order chi connectivity index (χ0) is 25.1. The van der Waals surface area contributed by atoms with E-state index in [9.17, 15) is 13.2 Å². The van der Waals surface area contributed by atoms with Gasteiger partial charge >= 0.3 is 0 Å². The third-order valence-corrected chi connectivity index (χ3v) is 7.06. The second kappa shape index (κ2) is 8.11. The van der Waals surface area contributed by atoms with Crippen molar-refractivity contribution in [2.45, 2.75) is 30.7 Å². The van der Waals surface area contributed by atoms with Gasteiger partial charge in [-0.25, -0.2) is 23.1 Å². The van der Waals surface area contributed by atoms with Crippen molar-refractivity contribution >= 4 is 11.7 Å². The molecule has 3 aliphatic rings. The van der Waals surface area contributed by atoms with Crippen LogP contribution in [0.25, 0.3) is 11.1 Å². The van der Waals surface area contributed by atoms with Crippen LogP contribution in [0.5, 0.6) is 11.5 Å². The van der Waals surface area contributed by atoms with Crippen molar-refractivity contribution in [1.82, 2.24) is 4.98 Å². The van der Waals surface area contributed by atoms with Gasteiger partial charge in [0.1, 0.15) is 11.3 Å². The molecule has 0 amide bonds. The highest BCUT2D eigenvalue weighted by atomic mass is 19.3. The molecule has 1 spiro atoms. The number of fused-ring (bicyclic) bond motifs is 4. The Labute approximate surface area is 204 Å². The first-order valence-corrected chi connectivity index (χ1v) is 11.6.